The molecule has 0 saturated heterocycles. The Morgan fingerprint density at radius 3 is 2.67 bits per heavy atom. The zero-order valence-electron chi connectivity index (χ0n) is 16.4. The first-order valence-corrected chi connectivity index (χ1v) is 10.7. The molecule has 2 aromatic carbocycles. The first-order chi connectivity index (χ1) is 14.7. The van der Waals surface area contributed by atoms with E-state index in [-0.39, 0.29) is 18.2 Å². The average molecular weight is 419 g/mol. The molecule has 0 aliphatic heterocycles. The van der Waals surface area contributed by atoms with E-state index in [1.54, 1.807) is 17.5 Å². The second-order valence-electron chi connectivity index (χ2n) is 6.91. The summed E-state index contributed by atoms with van der Waals surface area (Å²) in [6, 6.07) is 19.3. The third-order valence-corrected chi connectivity index (χ3v) is 5.53. The number of thiazole rings is 1. The molecule has 0 unspecified atom stereocenters. The van der Waals surface area contributed by atoms with E-state index in [0.717, 1.165) is 13.0 Å². The van der Waals surface area contributed by atoms with Crippen molar-refractivity contribution in [2.24, 2.45) is 0 Å². The van der Waals surface area contributed by atoms with Gasteiger partial charge in [-0.1, -0.05) is 36.4 Å². The Morgan fingerprint density at radius 1 is 1.00 bits per heavy atom. The molecule has 2 N–H and O–H groups in total. The van der Waals surface area contributed by atoms with Crippen LogP contribution in [0.3, 0.4) is 0 Å². The number of aromatic nitrogens is 2. The Labute approximate surface area is 178 Å². The molecule has 0 fully saturated rings. The molecule has 0 aliphatic carbocycles. The Balaban J connectivity index is 1.21. The van der Waals surface area contributed by atoms with Gasteiger partial charge in [0.1, 0.15) is 0 Å². The molecule has 4 aromatic rings. The van der Waals surface area contributed by atoms with Crippen molar-refractivity contribution in [2.75, 3.05) is 11.9 Å². The molecule has 30 heavy (non-hydrogen) atoms. The van der Waals surface area contributed by atoms with Crippen molar-refractivity contribution in [1.82, 2.24) is 14.9 Å². The average Bonchev–Trinajstić information content (AvgIpc) is 3.38. The fraction of sp³-hybridized carbons (Fsp3) is 0.174. The minimum atomic E-state index is -0.210. The molecule has 0 saturated carbocycles. The van der Waals surface area contributed by atoms with Crippen LogP contribution in [0.1, 0.15) is 22.5 Å². The Bertz CT molecular complexity index is 1150. The quantitative estimate of drug-likeness (QED) is 0.423. The molecule has 0 spiro atoms. The summed E-state index contributed by atoms with van der Waals surface area (Å²) < 4.78 is 2.20. The number of benzene rings is 2. The predicted octanol–water partition coefficient (Wildman–Crippen LogP) is 4.10. The van der Waals surface area contributed by atoms with Crippen molar-refractivity contribution in [1.29, 1.82) is 0 Å². The molecular formula is C23H22N4O2S. The molecule has 7 heteroatoms. The summed E-state index contributed by atoms with van der Waals surface area (Å²) in [5, 5.41) is 9.22. The third kappa shape index (κ3) is 4.93. The van der Waals surface area contributed by atoms with Crippen molar-refractivity contribution >= 4 is 39.2 Å². The minimum Gasteiger partial charge on any atom is -0.356 e. The first-order valence-electron chi connectivity index (χ1n) is 9.80. The van der Waals surface area contributed by atoms with E-state index >= 15 is 0 Å². The van der Waals surface area contributed by atoms with Gasteiger partial charge < -0.3 is 9.88 Å². The van der Waals surface area contributed by atoms with Crippen LogP contribution < -0.4 is 10.6 Å². The molecule has 4 rings (SSSR count). The highest BCUT2D eigenvalue weighted by molar-refractivity contribution is 7.14. The number of aryl methyl sites for hydroxylation is 1. The standard InChI is InChI=1S/C23H22N4O2S/c28-21(24-12-6-13-27-14-11-17-7-4-5-10-20(17)27)15-19-16-30-23(25-19)26-22(29)18-8-2-1-3-9-18/h1-5,7-11,14,16H,6,12-13,15H2,(H,24,28)(H,25,26,29). The van der Waals surface area contributed by atoms with Crippen molar-refractivity contribution < 1.29 is 9.59 Å². The normalized spacial score (nSPS) is 10.8. The van der Waals surface area contributed by atoms with Crippen LogP contribution in [0.15, 0.2) is 72.2 Å². The van der Waals surface area contributed by atoms with Crippen LogP contribution in [0.25, 0.3) is 10.9 Å². The number of hydrogen-bond acceptors (Lipinski definition) is 4. The number of carbonyl (C=O) groups excluding carboxylic acids is 2. The Kier molecular flexibility index (Phi) is 6.20. The zero-order chi connectivity index (χ0) is 20.8. The maximum atomic E-state index is 12.2. The van der Waals surface area contributed by atoms with Gasteiger partial charge in [0.05, 0.1) is 12.1 Å². The van der Waals surface area contributed by atoms with Gasteiger partial charge in [-0.3, -0.25) is 14.9 Å². The zero-order valence-corrected chi connectivity index (χ0v) is 17.2. The van der Waals surface area contributed by atoms with Crippen LogP contribution in [0.5, 0.6) is 0 Å². The van der Waals surface area contributed by atoms with Crippen molar-refractivity contribution in [3.05, 3.63) is 83.5 Å². The van der Waals surface area contributed by atoms with Gasteiger partial charge in [0.15, 0.2) is 5.13 Å². The molecule has 6 nitrogen and oxygen atoms in total. The topological polar surface area (TPSA) is 76.0 Å². The van der Waals surface area contributed by atoms with Crippen LogP contribution in [0.4, 0.5) is 5.13 Å². The van der Waals surface area contributed by atoms with Gasteiger partial charge in [-0.2, -0.15) is 0 Å². The first kappa shape index (κ1) is 19.8. The van der Waals surface area contributed by atoms with Crippen molar-refractivity contribution in [3.8, 4) is 0 Å². The van der Waals surface area contributed by atoms with E-state index in [9.17, 15) is 9.59 Å². The number of anilines is 1. The third-order valence-electron chi connectivity index (χ3n) is 4.73. The fourth-order valence-corrected chi connectivity index (χ4v) is 3.95. The lowest BCUT2D eigenvalue weighted by Gasteiger charge is -2.07. The lowest BCUT2D eigenvalue weighted by atomic mass is 10.2. The summed E-state index contributed by atoms with van der Waals surface area (Å²) in [5.74, 6) is -0.280. The van der Waals surface area contributed by atoms with Crippen LogP contribution in [-0.2, 0) is 17.8 Å². The van der Waals surface area contributed by atoms with E-state index in [2.05, 4.69) is 44.6 Å². The molecule has 0 atom stereocenters. The fourth-order valence-electron chi connectivity index (χ4n) is 3.24. The Morgan fingerprint density at radius 2 is 1.80 bits per heavy atom. The van der Waals surface area contributed by atoms with Crippen LogP contribution >= 0.6 is 11.3 Å². The van der Waals surface area contributed by atoms with Gasteiger partial charge in [0.25, 0.3) is 5.91 Å². The molecule has 0 aliphatic rings. The van der Waals surface area contributed by atoms with E-state index in [4.69, 9.17) is 0 Å². The van der Waals surface area contributed by atoms with Crippen molar-refractivity contribution in [3.63, 3.8) is 0 Å². The van der Waals surface area contributed by atoms with Gasteiger partial charge in [-0.05, 0) is 36.1 Å². The number of amides is 2. The monoisotopic (exact) mass is 418 g/mol. The Hall–Kier alpha value is -3.45. The van der Waals surface area contributed by atoms with E-state index in [0.29, 0.717) is 22.9 Å². The molecule has 2 heterocycles. The maximum absolute atomic E-state index is 12.2. The molecule has 0 radical (unpaired) electrons. The number of hydrogen-bond donors (Lipinski definition) is 2. The van der Waals surface area contributed by atoms with Gasteiger partial charge in [-0.15, -0.1) is 11.3 Å². The smallest absolute Gasteiger partial charge is 0.257 e. The van der Waals surface area contributed by atoms with Crippen LogP contribution in [0.2, 0.25) is 0 Å². The number of nitrogens with zero attached hydrogens (tertiary/aromatic N) is 2. The van der Waals surface area contributed by atoms with Gasteiger partial charge in [0, 0.05) is 35.7 Å². The molecule has 0 bridgehead atoms. The van der Waals surface area contributed by atoms with Gasteiger partial charge in [-0.25, -0.2) is 4.98 Å². The summed E-state index contributed by atoms with van der Waals surface area (Å²) in [4.78, 5) is 28.7. The summed E-state index contributed by atoms with van der Waals surface area (Å²) >= 11 is 1.32. The second kappa shape index (κ2) is 9.37. The van der Waals surface area contributed by atoms with Crippen LogP contribution in [-0.4, -0.2) is 27.9 Å². The summed E-state index contributed by atoms with van der Waals surface area (Å²) in [5.41, 5.74) is 2.43. The molecule has 2 aromatic heterocycles. The highest BCUT2D eigenvalue weighted by atomic mass is 32.1. The number of para-hydroxylation sites is 1. The van der Waals surface area contributed by atoms with Gasteiger partial charge >= 0.3 is 0 Å². The molecule has 2 amide bonds. The molecule has 152 valence electrons. The molecular weight excluding hydrogens is 396 g/mol. The van der Waals surface area contributed by atoms with E-state index in [1.807, 2.05) is 30.3 Å². The van der Waals surface area contributed by atoms with Gasteiger partial charge in [0.2, 0.25) is 5.91 Å². The lowest BCUT2D eigenvalue weighted by Crippen LogP contribution is -2.26. The maximum Gasteiger partial charge on any atom is 0.257 e. The van der Waals surface area contributed by atoms with Crippen LogP contribution in [0, 0.1) is 0 Å². The summed E-state index contributed by atoms with van der Waals surface area (Å²) in [6.07, 6.45) is 3.12. The lowest BCUT2D eigenvalue weighted by molar-refractivity contribution is -0.120. The summed E-state index contributed by atoms with van der Waals surface area (Å²) in [7, 11) is 0. The summed E-state index contributed by atoms with van der Waals surface area (Å²) in [6.45, 7) is 1.45. The number of nitrogens with one attached hydrogen (secondary N) is 2. The van der Waals surface area contributed by atoms with E-state index < -0.39 is 0 Å². The minimum absolute atomic E-state index is 0.0707. The number of rotatable bonds is 8. The largest absolute Gasteiger partial charge is 0.356 e. The van der Waals surface area contributed by atoms with E-state index in [1.165, 1.54) is 22.2 Å². The predicted molar refractivity (Wildman–Crippen MR) is 120 cm³/mol. The highest BCUT2D eigenvalue weighted by Crippen LogP contribution is 2.17. The number of carbonyl (C=O) groups is 2. The SMILES string of the molecule is O=C(Cc1csc(NC(=O)c2ccccc2)n1)NCCCn1ccc2ccccc21. The van der Waals surface area contributed by atoms with Crippen molar-refractivity contribution in [2.45, 2.75) is 19.4 Å². The highest BCUT2D eigenvalue weighted by Gasteiger charge is 2.11. The second-order valence-corrected chi connectivity index (χ2v) is 7.77. The number of fused-ring (bicyclic) bond motifs is 1.